The normalized spacial score (nSPS) is 12.6. The molecule has 0 aliphatic heterocycles. The van der Waals surface area contributed by atoms with Crippen LogP contribution in [-0.4, -0.2) is 0 Å². The number of nitrogens with two attached hydrogens (primary N) is 1. The van der Waals surface area contributed by atoms with Gasteiger partial charge in [-0.1, -0.05) is 51.5 Å². The third-order valence-electron chi connectivity index (χ3n) is 3.39. The van der Waals surface area contributed by atoms with Gasteiger partial charge in [0.05, 0.1) is 0 Å². The van der Waals surface area contributed by atoms with Gasteiger partial charge < -0.3 is 0 Å². The Labute approximate surface area is 129 Å². The Kier molecular flexibility index (Phi) is 8.57. The Morgan fingerprint density at radius 2 is 1.89 bits per heavy atom. The molecule has 2 nitrogen and oxygen atoms in total. The number of hydrogen-bond acceptors (Lipinski definition) is 2. The molecule has 0 aliphatic carbocycles. The molecule has 0 aliphatic rings. The smallest absolute Gasteiger partial charge is 0.124 e. The highest BCUT2D eigenvalue weighted by molar-refractivity contribution is 14.1. The fraction of sp³-hybridized carbons (Fsp3) is 0.600. The van der Waals surface area contributed by atoms with Crippen LogP contribution in [0.5, 0.6) is 0 Å². The molecule has 1 rings (SSSR count). The lowest BCUT2D eigenvalue weighted by Crippen LogP contribution is -2.28. The molecule has 0 saturated carbocycles. The van der Waals surface area contributed by atoms with E-state index in [4.69, 9.17) is 5.84 Å². The highest BCUT2D eigenvalue weighted by Crippen LogP contribution is 2.25. The summed E-state index contributed by atoms with van der Waals surface area (Å²) in [6, 6.07) is 5.02. The minimum absolute atomic E-state index is 0.124. The molecule has 1 atom stereocenters. The van der Waals surface area contributed by atoms with Crippen molar-refractivity contribution in [3.05, 3.63) is 33.1 Å². The molecule has 0 radical (unpaired) electrons. The highest BCUT2D eigenvalue weighted by atomic mass is 127. The van der Waals surface area contributed by atoms with Crippen LogP contribution in [0, 0.1) is 9.39 Å². The van der Waals surface area contributed by atoms with Crippen LogP contribution in [0.3, 0.4) is 0 Å². The van der Waals surface area contributed by atoms with E-state index in [9.17, 15) is 4.39 Å². The van der Waals surface area contributed by atoms with E-state index in [-0.39, 0.29) is 11.9 Å². The van der Waals surface area contributed by atoms with Crippen LogP contribution in [0.4, 0.5) is 4.39 Å². The van der Waals surface area contributed by atoms with Crippen molar-refractivity contribution in [1.29, 1.82) is 0 Å². The van der Waals surface area contributed by atoms with Crippen LogP contribution >= 0.6 is 22.6 Å². The summed E-state index contributed by atoms with van der Waals surface area (Å²) in [4.78, 5) is 0. The van der Waals surface area contributed by atoms with Gasteiger partial charge in [-0.2, -0.15) is 0 Å². The minimum atomic E-state index is -0.191. The van der Waals surface area contributed by atoms with E-state index in [1.54, 1.807) is 6.07 Å². The molecule has 1 unspecified atom stereocenters. The molecule has 1 aromatic carbocycles. The second-order valence-electron chi connectivity index (χ2n) is 4.94. The fourth-order valence-electron chi connectivity index (χ4n) is 2.24. The Bertz CT molecular complexity index is 371. The maximum atomic E-state index is 13.1. The lowest BCUT2D eigenvalue weighted by Gasteiger charge is -2.17. The summed E-state index contributed by atoms with van der Waals surface area (Å²) < 4.78 is 14.0. The maximum Gasteiger partial charge on any atom is 0.124 e. The molecule has 0 bridgehead atoms. The summed E-state index contributed by atoms with van der Waals surface area (Å²) in [6.45, 7) is 2.23. The van der Waals surface area contributed by atoms with Crippen molar-refractivity contribution >= 4 is 22.6 Å². The average molecular weight is 378 g/mol. The zero-order valence-corrected chi connectivity index (χ0v) is 13.7. The van der Waals surface area contributed by atoms with Gasteiger partial charge in [0.25, 0.3) is 0 Å². The fourth-order valence-corrected chi connectivity index (χ4v) is 3.09. The molecule has 0 spiro atoms. The van der Waals surface area contributed by atoms with Gasteiger partial charge in [0.2, 0.25) is 0 Å². The van der Waals surface area contributed by atoms with Crippen LogP contribution in [0.1, 0.15) is 63.5 Å². The zero-order valence-electron chi connectivity index (χ0n) is 11.6. The average Bonchev–Trinajstić information content (AvgIpc) is 2.39. The van der Waals surface area contributed by atoms with E-state index < -0.39 is 0 Å². The second-order valence-corrected chi connectivity index (χ2v) is 6.10. The number of nitrogens with one attached hydrogen (secondary N) is 1. The zero-order chi connectivity index (χ0) is 14.1. The molecule has 4 heteroatoms. The molecule has 1 aromatic rings. The van der Waals surface area contributed by atoms with Crippen molar-refractivity contribution in [2.75, 3.05) is 0 Å². The van der Waals surface area contributed by atoms with E-state index in [1.807, 2.05) is 6.07 Å². The summed E-state index contributed by atoms with van der Waals surface area (Å²) in [5.74, 6) is 5.44. The monoisotopic (exact) mass is 378 g/mol. The SMILES string of the molecule is CCCCCCCCC(NN)c1ccc(F)cc1I. The highest BCUT2D eigenvalue weighted by Gasteiger charge is 2.13. The minimum Gasteiger partial charge on any atom is -0.271 e. The Hall–Kier alpha value is -0.200. The lowest BCUT2D eigenvalue weighted by atomic mass is 10.00. The van der Waals surface area contributed by atoms with Gasteiger partial charge in [-0.05, 0) is 46.7 Å². The summed E-state index contributed by atoms with van der Waals surface area (Å²) in [5, 5.41) is 0. The Morgan fingerprint density at radius 1 is 1.21 bits per heavy atom. The molecular formula is C15H24FIN2. The van der Waals surface area contributed by atoms with Gasteiger partial charge in [-0.15, -0.1) is 0 Å². The molecule has 0 heterocycles. The van der Waals surface area contributed by atoms with Crippen LogP contribution < -0.4 is 11.3 Å². The molecule has 3 N–H and O–H groups in total. The third kappa shape index (κ3) is 6.19. The van der Waals surface area contributed by atoms with Gasteiger partial charge in [-0.3, -0.25) is 11.3 Å². The first-order valence-electron chi connectivity index (χ1n) is 7.10. The van der Waals surface area contributed by atoms with Crippen molar-refractivity contribution in [3.63, 3.8) is 0 Å². The van der Waals surface area contributed by atoms with Gasteiger partial charge in [0.15, 0.2) is 0 Å². The van der Waals surface area contributed by atoms with Gasteiger partial charge in [-0.25, -0.2) is 4.39 Å². The first-order chi connectivity index (χ1) is 9.19. The summed E-state index contributed by atoms with van der Waals surface area (Å²) in [5.41, 5.74) is 3.95. The summed E-state index contributed by atoms with van der Waals surface area (Å²) in [7, 11) is 0. The van der Waals surface area contributed by atoms with Gasteiger partial charge in [0.1, 0.15) is 5.82 Å². The van der Waals surface area contributed by atoms with E-state index >= 15 is 0 Å². The summed E-state index contributed by atoms with van der Waals surface area (Å²) >= 11 is 2.17. The van der Waals surface area contributed by atoms with Crippen molar-refractivity contribution in [2.45, 2.75) is 57.9 Å². The largest absolute Gasteiger partial charge is 0.271 e. The molecule has 0 fully saturated rings. The topological polar surface area (TPSA) is 38.0 Å². The number of benzene rings is 1. The molecule has 0 aromatic heterocycles. The van der Waals surface area contributed by atoms with Crippen molar-refractivity contribution in [3.8, 4) is 0 Å². The predicted molar refractivity (Wildman–Crippen MR) is 87.2 cm³/mol. The summed E-state index contributed by atoms with van der Waals surface area (Å²) in [6.07, 6.45) is 8.64. The van der Waals surface area contributed by atoms with Crippen molar-refractivity contribution in [2.24, 2.45) is 5.84 Å². The maximum absolute atomic E-state index is 13.1. The van der Waals surface area contributed by atoms with E-state index in [0.717, 1.165) is 22.0 Å². The molecule has 0 saturated heterocycles. The molecule has 108 valence electrons. The third-order valence-corrected chi connectivity index (χ3v) is 4.32. The van der Waals surface area contributed by atoms with Crippen molar-refractivity contribution in [1.82, 2.24) is 5.43 Å². The molecule has 0 amide bonds. The molecule has 19 heavy (non-hydrogen) atoms. The number of rotatable bonds is 9. The number of unbranched alkanes of at least 4 members (excludes halogenated alkanes) is 5. The quantitative estimate of drug-likeness (QED) is 0.283. The number of halogens is 2. The van der Waals surface area contributed by atoms with Gasteiger partial charge in [0, 0.05) is 9.61 Å². The Balaban J connectivity index is 2.40. The lowest BCUT2D eigenvalue weighted by molar-refractivity contribution is 0.474. The van der Waals surface area contributed by atoms with E-state index in [1.165, 1.54) is 38.2 Å². The van der Waals surface area contributed by atoms with Crippen LogP contribution in [-0.2, 0) is 0 Å². The Morgan fingerprint density at radius 3 is 2.53 bits per heavy atom. The van der Waals surface area contributed by atoms with E-state index in [0.29, 0.717) is 0 Å². The first-order valence-corrected chi connectivity index (χ1v) is 8.18. The standard InChI is InChI=1S/C15H24FIN2/c1-2-3-4-5-6-7-8-15(19-18)13-10-9-12(16)11-14(13)17/h9-11,15,19H,2-8,18H2,1H3. The van der Waals surface area contributed by atoms with Gasteiger partial charge >= 0.3 is 0 Å². The van der Waals surface area contributed by atoms with Crippen LogP contribution in [0.25, 0.3) is 0 Å². The first kappa shape index (κ1) is 16.9. The predicted octanol–water partition coefficient (Wildman–Crippen LogP) is 4.69. The number of hydrogen-bond donors (Lipinski definition) is 2. The van der Waals surface area contributed by atoms with E-state index in [2.05, 4.69) is 34.9 Å². The van der Waals surface area contributed by atoms with Crippen LogP contribution in [0.15, 0.2) is 18.2 Å². The number of hydrazine groups is 1. The molecular weight excluding hydrogens is 354 g/mol. The van der Waals surface area contributed by atoms with Crippen LogP contribution in [0.2, 0.25) is 0 Å². The van der Waals surface area contributed by atoms with Crippen molar-refractivity contribution < 1.29 is 4.39 Å². The second kappa shape index (κ2) is 9.66.